The zero-order chi connectivity index (χ0) is 14.6. The number of nitrogens with two attached hydrogens (primary N) is 1. The van der Waals surface area contributed by atoms with Gasteiger partial charge in [0.05, 0.1) is 0 Å². The van der Waals surface area contributed by atoms with Crippen LogP contribution in [0, 0.1) is 11.7 Å². The molecule has 1 aromatic carbocycles. The second-order valence-corrected chi connectivity index (χ2v) is 6.46. The van der Waals surface area contributed by atoms with Gasteiger partial charge in [0.1, 0.15) is 5.82 Å². The van der Waals surface area contributed by atoms with E-state index in [9.17, 15) is 4.39 Å². The molecule has 0 aliphatic rings. The third kappa shape index (κ3) is 4.55. The number of halogens is 2. The fourth-order valence-corrected chi connectivity index (χ4v) is 2.95. The highest BCUT2D eigenvalue weighted by molar-refractivity contribution is 9.10. The van der Waals surface area contributed by atoms with E-state index in [1.807, 2.05) is 6.07 Å². The van der Waals surface area contributed by atoms with Crippen LogP contribution < -0.4 is 5.73 Å². The molecule has 0 spiro atoms. The third-order valence-corrected chi connectivity index (χ3v) is 3.87. The van der Waals surface area contributed by atoms with Crippen LogP contribution in [-0.4, -0.2) is 24.0 Å². The van der Waals surface area contributed by atoms with Crippen molar-refractivity contribution in [2.24, 2.45) is 11.7 Å². The van der Waals surface area contributed by atoms with Crippen molar-refractivity contribution in [2.75, 3.05) is 13.1 Å². The van der Waals surface area contributed by atoms with Crippen molar-refractivity contribution in [1.82, 2.24) is 4.90 Å². The highest BCUT2D eigenvalue weighted by Gasteiger charge is 2.24. The minimum atomic E-state index is -0.230. The van der Waals surface area contributed by atoms with Gasteiger partial charge in [0, 0.05) is 29.6 Å². The quantitative estimate of drug-likeness (QED) is 0.855. The van der Waals surface area contributed by atoms with E-state index in [2.05, 4.69) is 48.5 Å². The Morgan fingerprint density at radius 2 is 1.89 bits per heavy atom. The molecule has 0 amide bonds. The van der Waals surface area contributed by atoms with Gasteiger partial charge in [-0.25, -0.2) is 4.39 Å². The van der Waals surface area contributed by atoms with Crippen molar-refractivity contribution < 1.29 is 4.39 Å². The molecule has 0 aromatic heterocycles. The Bertz CT molecular complexity index is 407. The van der Waals surface area contributed by atoms with Gasteiger partial charge in [0.25, 0.3) is 0 Å². The van der Waals surface area contributed by atoms with E-state index < -0.39 is 0 Å². The van der Waals surface area contributed by atoms with Crippen LogP contribution in [0.25, 0.3) is 0 Å². The Morgan fingerprint density at radius 1 is 1.26 bits per heavy atom. The van der Waals surface area contributed by atoms with Crippen LogP contribution in [0.1, 0.15) is 39.3 Å². The Labute approximate surface area is 124 Å². The van der Waals surface area contributed by atoms with E-state index in [1.165, 1.54) is 12.1 Å². The van der Waals surface area contributed by atoms with E-state index in [4.69, 9.17) is 5.73 Å². The summed E-state index contributed by atoms with van der Waals surface area (Å²) in [6.07, 6.45) is 0. The molecular weight excluding hydrogens is 307 g/mol. The molecule has 2 N–H and O–H groups in total. The van der Waals surface area contributed by atoms with Crippen LogP contribution in [0.5, 0.6) is 0 Å². The minimum absolute atomic E-state index is 0.109. The molecule has 1 unspecified atom stereocenters. The Morgan fingerprint density at radius 3 is 2.32 bits per heavy atom. The van der Waals surface area contributed by atoms with Crippen molar-refractivity contribution in [3.8, 4) is 0 Å². The molecule has 19 heavy (non-hydrogen) atoms. The lowest BCUT2D eigenvalue weighted by Gasteiger charge is -2.36. The standard InChI is InChI=1S/C15H24BrFN2/c1-10(2)9-19(11(3)4)15(8-18)13-6-5-12(17)7-14(13)16/h5-7,10-11,15H,8-9,18H2,1-4H3. The highest BCUT2D eigenvalue weighted by atomic mass is 79.9. The van der Waals surface area contributed by atoms with Crippen LogP contribution >= 0.6 is 15.9 Å². The van der Waals surface area contributed by atoms with Gasteiger partial charge in [-0.2, -0.15) is 0 Å². The van der Waals surface area contributed by atoms with Gasteiger partial charge >= 0.3 is 0 Å². The molecule has 0 saturated carbocycles. The molecule has 4 heteroatoms. The lowest BCUT2D eigenvalue weighted by molar-refractivity contribution is 0.138. The Balaban J connectivity index is 3.08. The van der Waals surface area contributed by atoms with E-state index >= 15 is 0 Å². The molecule has 0 radical (unpaired) electrons. The van der Waals surface area contributed by atoms with Crippen LogP contribution in [-0.2, 0) is 0 Å². The van der Waals surface area contributed by atoms with E-state index in [0.29, 0.717) is 18.5 Å². The molecule has 1 atom stereocenters. The number of nitrogens with zero attached hydrogens (tertiary/aromatic N) is 1. The number of hydrogen-bond acceptors (Lipinski definition) is 2. The molecule has 0 fully saturated rings. The summed E-state index contributed by atoms with van der Waals surface area (Å²) in [5.74, 6) is 0.335. The predicted molar refractivity (Wildman–Crippen MR) is 82.6 cm³/mol. The first kappa shape index (κ1) is 16.6. The third-order valence-electron chi connectivity index (χ3n) is 3.18. The van der Waals surface area contributed by atoms with Crippen molar-refractivity contribution in [2.45, 2.75) is 39.8 Å². The maximum absolute atomic E-state index is 13.2. The van der Waals surface area contributed by atoms with E-state index in [1.54, 1.807) is 0 Å². The topological polar surface area (TPSA) is 29.3 Å². The summed E-state index contributed by atoms with van der Waals surface area (Å²) in [5, 5.41) is 0. The van der Waals surface area contributed by atoms with Crippen LogP contribution in [0.2, 0.25) is 0 Å². The molecule has 1 rings (SSSR count). The second kappa shape index (κ2) is 7.36. The summed E-state index contributed by atoms with van der Waals surface area (Å²) < 4.78 is 14.0. The van der Waals surface area contributed by atoms with Gasteiger partial charge in [-0.15, -0.1) is 0 Å². The highest BCUT2D eigenvalue weighted by Crippen LogP contribution is 2.29. The maximum atomic E-state index is 13.2. The summed E-state index contributed by atoms with van der Waals surface area (Å²) in [5.41, 5.74) is 7.02. The number of benzene rings is 1. The summed E-state index contributed by atoms with van der Waals surface area (Å²) in [6.45, 7) is 10.2. The summed E-state index contributed by atoms with van der Waals surface area (Å²) in [6, 6.07) is 5.33. The molecule has 1 aromatic rings. The maximum Gasteiger partial charge on any atom is 0.124 e. The molecule has 0 saturated heterocycles. The molecular formula is C15H24BrFN2. The predicted octanol–water partition coefficient (Wildman–Crippen LogP) is 3.95. The van der Waals surface area contributed by atoms with E-state index in [0.717, 1.165) is 16.6 Å². The van der Waals surface area contributed by atoms with Gasteiger partial charge < -0.3 is 5.73 Å². The summed E-state index contributed by atoms with van der Waals surface area (Å²) >= 11 is 3.45. The average Bonchev–Trinajstić information content (AvgIpc) is 2.30. The minimum Gasteiger partial charge on any atom is -0.329 e. The lowest BCUT2D eigenvalue weighted by Crippen LogP contribution is -2.41. The Hall–Kier alpha value is -0.450. The number of hydrogen-bond donors (Lipinski definition) is 1. The normalized spacial score (nSPS) is 13.6. The van der Waals surface area contributed by atoms with Gasteiger partial charge in [-0.05, 0) is 37.5 Å². The van der Waals surface area contributed by atoms with Crippen molar-refractivity contribution in [3.05, 3.63) is 34.1 Å². The average molecular weight is 331 g/mol. The smallest absolute Gasteiger partial charge is 0.124 e. The van der Waals surface area contributed by atoms with Crippen molar-refractivity contribution >= 4 is 15.9 Å². The van der Waals surface area contributed by atoms with Crippen LogP contribution in [0.4, 0.5) is 4.39 Å². The molecule has 108 valence electrons. The molecule has 0 aliphatic carbocycles. The van der Waals surface area contributed by atoms with E-state index in [-0.39, 0.29) is 11.9 Å². The first-order chi connectivity index (χ1) is 8.86. The molecule has 2 nitrogen and oxygen atoms in total. The SMILES string of the molecule is CC(C)CN(C(C)C)C(CN)c1ccc(F)cc1Br. The van der Waals surface area contributed by atoms with Gasteiger partial charge in [-0.1, -0.05) is 35.8 Å². The fraction of sp³-hybridized carbons (Fsp3) is 0.600. The van der Waals surface area contributed by atoms with Gasteiger partial charge in [-0.3, -0.25) is 4.90 Å². The fourth-order valence-electron chi connectivity index (χ4n) is 2.33. The zero-order valence-electron chi connectivity index (χ0n) is 12.2. The first-order valence-electron chi connectivity index (χ1n) is 6.77. The largest absolute Gasteiger partial charge is 0.329 e. The van der Waals surface area contributed by atoms with Gasteiger partial charge in [0.15, 0.2) is 0 Å². The second-order valence-electron chi connectivity index (χ2n) is 5.60. The van der Waals surface area contributed by atoms with Crippen molar-refractivity contribution in [3.63, 3.8) is 0 Å². The first-order valence-corrected chi connectivity index (χ1v) is 7.56. The summed E-state index contributed by atoms with van der Waals surface area (Å²) in [4.78, 5) is 2.38. The lowest BCUT2D eigenvalue weighted by atomic mass is 10.0. The van der Waals surface area contributed by atoms with Crippen LogP contribution in [0.3, 0.4) is 0 Å². The molecule has 0 bridgehead atoms. The van der Waals surface area contributed by atoms with Gasteiger partial charge in [0.2, 0.25) is 0 Å². The van der Waals surface area contributed by atoms with Crippen molar-refractivity contribution in [1.29, 1.82) is 0 Å². The van der Waals surface area contributed by atoms with Crippen LogP contribution in [0.15, 0.2) is 22.7 Å². The summed E-state index contributed by atoms with van der Waals surface area (Å²) in [7, 11) is 0. The number of rotatable bonds is 6. The monoisotopic (exact) mass is 330 g/mol. The molecule has 0 aliphatic heterocycles. The molecule has 0 heterocycles. The zero-order valence-corrected chi connectivity index (χ0v) is 13.7. The Kier molecular flexibility index (Phi) is 6.43.